The van der Waals surface area contributed by atoms with E-state index in [1.54, 1.807) is 48.5 Å². The quantitative estimate of drug-likeness (QED) is 0.425. The van der Waals surface area contributed by atoms with E-state index in [1.165, 1.54) is 4.90 Å². The Hall–Kier alpha value is -3.88. The van der Waals surface area contributed by atoms with Gasteiger partial charge in [0.25, 0.3) is 0 Å². The first-order chi connectivity index (χ1) is 17.1. The van der Waals surface area contributed by atoms with Crippen LogP contribution in [0.4, 0.5) is 16.2 Å². The van der Waals surface area contributed by atoms with Crippen molar-refractivity contribution in [3.05, 3.63) is 60.2 Å². The van der Waals surface area contributed by atoms with Crippen LogP contribution in [0, 0.1) is 11.8 Å². The molecule has 0 aromatic heterocycles. The van der Waals surface area contributed by atoms with Crippen molar-refractivity contribution in [2.24, 2.45) is 11.8 Å². The summed E-state index contributed by atoms with van der Waals surface area (Å²) < 4.78 is 0. The summed E-state index contributed by atoms with van der Waals surface area (Å²) in [6.07, 6.45) is 0.405. The van der Waals surface area contributed by atoms with E-state index in [-0.39, 0.29) is 24.2 Å². The van der Waals surface area contributed by atoms with E-state index >= 15 is 0 Å². The van der Waals surface area contributed by atoms with Crippen molar-refractivity contribution < 1.29 is 24.3 Å². The predicted octanol–water partition coefficient (Wildman–Crippen LogP) is 3.41. The average molecular weight is 495 g/mol. The molecule has 4 amide bonds. The number of anilines is 2. The van der Waals surface area contributed by atoms with Crippen LogP contribution >= 0.6 is 0 Å². The number of hydrogen-bond acceptors (Lipinski definition) is 4. The maximum atomic E-state index is 13.6. The number of nitrogens with one attached hydrogen (secondary N) is 3. The van der Waals surface area contributed by atoms with Crippen LogP contribution in [-0.4, -0.2) is 47.0 Å². The Balaban J connectivity index is 1.84. The Kier molecular flexibility index (Phi) is 8.68. The van der Waals surface area contributed by atoms with Gasteiger partial charge in [-0.2, -0.15) is 0 Å². The predicted molar refractivity (Wildman–Crippen MR) is 138 cm³/mol. The third-order valence-corrected chi connectivity index (χ3v) is 6.04. The van der Waals surface area contributed by atoms with Crippen LogP contribution in [0.1, 0.15) is 39.7 Å². The number of carboxylic acids is 1. The topological polar surface area (TPSA) is 128 Å². The zero-order valence-electron chi connectivity index (χ0n) is 21.0. The van der Waals surface area contributed by atoms with Crippen molar-refractivity contribution in [3.8, 4) is 0 Å². The SMILES string of the molecule is CC(C)C[C@@H](NC(=O)N1c2ccccc2NC(=O)[C@@H]1C(C)C)C(=O)N[C@H](Cc1ccccc1)C(=O)O. The number of aliphatic carboxylic acids is 1. The van der Waals surface area contributed by atoms with Gasteiger partial charge in [0.1, 0.15) is 18.1 Å². The Morgan fingerprint density at radius 3 is 2.19 bits per heavy atom. The smallest absolute Gasteiger partial charge is 0.326 e. The van der Waals surface area contributed by atoms with Crippen molar-refractivity contribution in [3.63, 3.8) is 0 Å². The standard InChI is InChI=1S/C27H34N4O5/c1-16(2)14-20(24(32)29-21(26(34)35)15-18-10-6-5-7-11-18)30-27(36)31-22-13-9-8-12-19(22)28-25(33)23(31)17(3)4/h5-13,16-17,20-21,23H,14-15H2,1-4H3,(H,28,33)(H,29,32)(H,30,36)(H,34,35)/t20-,21-,23+/m1/s1. The molecule has 1 heterocycles. The van der Waals surface area contributed by atoms with Crippen LogP contribution in [0.5, 0.6) is 0 Å². The van der Waals surface area contributed by atoms with Gasteiger partial charge in [0.05, 0.1) is 11.4 Å². The van der Waals surface area contributed by atoms with Gasteiger partial charge in [0.2, 0.25) is 11.8 Å². The average Bonchev–Trinajstić information content (AvgIpc) is 2.82. The molecule has 9 heteroatoms. The summed E-state index contributed by atoms with van der Waals surface area (Å²) in [5, 5.41) is 17.9. The molecule has 36 heavy (non-hydrogen) atoms. The molecule has 2 aromatic rings. The maximum Gasteiger partial charge on any atom is 0.326 e. The monoisotopic (exact) mass is 494 g/mol. The van der Waals surface area contributed by atoms with E-state index in [4.69, 9.17) is 0 Å². The van der Waals surface area contributed by atoms with Crippen molar-refractivity contribution in [2.75, 3.05) is 10.2 Å². The first-order valence-corrected chi connectivity index (χ1v) is 12.1. The van der Waals surface area contributed by atoms with Crippen LogP contribution in [0.3, 0.4) is 0 Å². The summed E-state index contributed by atoms with van der Waals surface area (Å²) >= 11 is 0. The van der Waals surface area contributed by atoms with Crippen LogP contribution in [0.2, 0.25) is 0 Å². The first kappa shape index (κ1) is 26.7. The van der Waals surface area contributed by atoms with E-state index in [9.17, 15) is 24.3 Å². The second-order valence-corrected chi connectivity index (χ2v) is 9.79. The van der Waals surface area contributed by atoms with Crippen molar-refractivity contribution in [1.29, 1.82) is 0 Å². The number of para-hydroxylation sites is 2. The summed E-state index contributed by atoms with van der Waals surface area (Å²) in [7, 11) is 0. The second kappa shape index (κ2) is 11.7. The molecule has 2 aromatic carbocycles. The van der Waals surface area contributed by atoms with Gasteiger partial charge in [-0.1, -0.05) is 70.2 Å². The Labute approximate surface area is 211 Å². The maximum absolute atomic E-state index is 13.6. The van der Waals surface area contributed by atoms with Gasteiger partial charge >= 0.3 is 12.0 Å². The lowest BCUT2D eigenvalue weighted by Gasteiger charge is -2.39. The molecule has 0 aliphatic carbocycles. The highest BCUT2D eigenvalue weighted by Crippen LogP contribution is 2.34. The molecule has 0 radical (unpaired) electrons. The van der Waals surface area contributed by atoms with Gasteiger partial charge in [-0.3, -0.25) is 14.5 Å². The molecule has 3 atom stereocenters. The zero-order chi connectivity index (χ0) is 26.4. The molecule has 3 rings (SSSR count). The number of carboxylic acid groups (broad SMARTS) is 1. The Morgan fingerprint density at radius 2 is 1.58 bits per heavy atom. The van der Waals surface area contributed by atoms with Crippen molar-refractivity contribution in [2.45, 2.75) is 58.7 Å². The number of urea groups is 1. The molecular formula is C27H34N4O5. The number of nitrogens with zero attached hydrogens (tertiary/aromatic N) is 1. The fourth-order valence-electron chi connectivity index (χ4n) is 4.34. The van der Waals surface area contributed by atoms with Crippen LogP contribution in [-0.2, 0) is 20.8 Å². The third-order valence-electron chi connectivity index (χ3n) is 6.04. The highest BCUT2D eigenvalue weighted by atomic mass is 16.4. The molecule has 0 saturated heterocycles. The summed E-state index contributed by atoms with van der Waals surface area (Å²) in [5.74, 6) is -2.21. The number of rotatable bonds is 9. The van der Waals surface area contributed by atoms with Gasteiger partial charge < -0.3 is 21.1 Å². The number of benzene rings is 2. The van der Waals surface area contributed by atoms with Crippen molar-refractivity contribution in [1.82, 2.24) is 10.6 Å². The van der Waals surface area contributed by atoms with Crippen LogP contribution in [0.25, 0.3) is 0 Å². The van der Waals surface area contributed by atoms with Gasteiger partial charge in [-0.05, 0) is 36.0 Å². The normalized spacial score (nSPS) is 16.7. The summed E-state index contributed by atoms with van der Waals surface area (Å²) in [5.41, 5.74) is 1.81. The molecule has 0 fully saturated rings. The van der Waals surface area contributed by atoms with Crippen LogP contribution in [0.15, 0.2) is 54.6 Å². The van der Waals surface area contributed by atoms with Gasteiger partial charge in [-0.25, -0.2) is 9.59 Å². The zero-order valence-corrected chi connectivity index (χ0v) is 21.0. The Bertz CT molecular complexity index is 1100. The lowest BCUT2D eigenvalue weighted by atomic mass is 9.97. The Morgan fingerprint density at radius 1 is 0.944 bits per heavy atom. The molecule has 1 aliphatic rings. The number of amides is 4. The minimum absolute atomic E-state index is 0.0382. The minimum Gasteiger partial charge on any atom is -0.480 e. The number of fused-ring (bicyclic) bond motifs is 1. The van der Waals surface area contributed by atoms with E-state index < -0.39 is 36.0 Å². The summed E-state index contributed by atoms with van der Waals surface area (Å²) in [6, 6.07) is 12.5. The lowest BCUT2D eigenvalue weighted by molar-refractivity contribution is -0.142. The van der Waals surface area contributed by atoms with Gasteiger partial charge in [0, 0.05) is 6.42 Å². The van der Waals surface area contributed by atoms with Crippen molar-refractivity contribution >= 4 is 35.2 Å². The van der Waals surface area contributed by atoms with Crippen LogP contribution < -0.4 is 20.9 Å². The lowest BCUT2D eigenvalue weighted by Crippen LogP contribution is -2.60. The van der Waals surface area contributed by atoms with Gasteiger partial charge in [0.15, 0.2) is 0 Å². The highest BCUT2D eigenvalue weighted by Gasteiger charge is 2.40. The molecular weight excluding hydrogens is 460 g/mol. The largest absolute Gasteiger partial charge is 0.480 e. The van der Waals surface area contributed by atoms with E-state index in [1.807, 2.05) is 33.8 Å². The second-order valence-electron chi connectivity index (χ2n) is 9.79. The van der Waals surface area contributed by atoms with E-state index in [2.05, 4.69) is 16.0 Å². The fourth-order valence-corrected chi connectivity index (χ4v) is 4.34. The summed E-state index contributed by atoms with van der Waals surface area (Å²) in [4.78, 5) is 52.9. The third kappa shape index (κ3) is 6.41. The molecule has 0 spiro atoms. The number of carbonyl (C=O) groups is 4. The first-order valence-electron chi connectivity index (χ1n) is 12.1. The molecule has 0 saturated carbocycles. The molecule has 1 aliphatic heterocycles. The molecule has 0 bridgehead atoms. The summed E-state index contributed by atoms with van der Waals surface area (Å²) in [6.45, 7) is 7.51. The minimum atomic E-state index is -1.16. The van der Waals surface area contributed by atoms with E-state index in [0.717, 1.165) is 5.56 Å². The molecule has 9 nitrogen and oxygen atoms in total. The number of hydrogen-bond donors (Lipinski definition) is 4. The molecule has 192 valence electrons. The fraction of sp³-hybridized carbons (Fsp3) is 0.407. The highest BCUT2D eigenvalue weighted by molar-refractivity contribution is 6.12. The molecule has 4 N–H and O–H groups in total. The number of carbonyl (C=O) groups excluding carboxylic acids is 3. The molecule has 0 unspecified atom stereocenters. The van der Waals surface area contributed by atoms with E-state index in [0.29, 0.717) is 17.8 Å². The van der Waals surface area contributed by atoms with Gasteiger partial charge in [-0.15, -0.1) is 0 Å².